The molecule has 1 heterocycles. The van der Waals surface area contributed by atoms with E-state index in [2.05, 4.69) is 0 Å². The van der Waals surface area contributed by atoms with Gasteiger partial charge in [0.1, 0.15) is 6.54 Å². The average molecular weight is 461 g/mol. The van der Waals surface area contributed by atoms with Gasteiger partial charge in [-0.05, 0) is 38.8 Å². The number of hydrogen-bond donors (Lipinski definition) is 0. The number of carbonyl (C=O) groups excluding carboxylic acids is 4. The summed E-state index contributed by atoms with van der Waals surface area (Å²) in [7, 11) is 0. The van der Waals surface area contributed by atoms with E-state index in [1.165, 1.54) is 12.1 Å². The monoisotopic (exact) mass is 461 g/mol. The van der Waals surface area contributed by atoms with Gasteiger partial charge in [0.2, 0.25) is 0 Å². The Morgan fingerprint density at radius 3 is 2.18 bits per heavy atom. The molecule has 1 aliphatic heterocycles. The third-order valence-corrected chi connectivity index (χ3v) is 6.27. The molecule has 1 saturated heterocycles. The third-order valence-electron chi connectivity index (χ3n) is 6.27. The number of carbonyl (C=O) groups is 4. The number of nitrogens with zero attached hydrogens (tertiary/aromatic N) is 3. The maximum atomic E-state index is 13.4. The van der Waals surface area contributed by atoms with Gasteiger partial charge in [0.05, 0.1) is 16.8 Å². The number of nitro benzene ring substituents is 1. The minimum Gasteiger partial charge on any atom is -0.292 e. The number of aryl methyl sites for hydroxylation is 1. The van der Waals surface area contributed by atoms with Crippen molar-refractivity contribution >= 4 is 29.2 Å². The number of hydrazine groups is 1. The maximum Gasteiger partial charge on any atom is 0.273 e. The van der Waals surface area contributed by atoms with E-state index < -0.39 is 46.8 Å². The lowest BCUT2D eigenvalue weighted by Gasteiger charge is -2.30. The van der Waals surface area contributed by atoms with E-state index in [1.807, 2.05) is 19.9 Å². The van der Waals surface area contributed by atoms with Crippen molar-refractivity contribution in [1.29, 1.82) is 0 Å². The molecule has 0 saturated carbocycles. The predicted octanol–water partition coefficient (Wildman–Crippen LogP) is 3.48. The molecule has 0 aromatic heterocycles. The highest BCUT2D eigenvalue weighted by Crippen LogP contribution is 2.38. The summed E-state index contributed by atoms with van der Waals surface area (Å²) >= 11 is 0. The van der Waals surface area contributed by atoms with Gasteiger partial charge in [-0.1, -0.05) is 41.5 Å². The lowest BCUT2D eigenvalue weighted by Crippen LogP contribution is -2.52. The van der Waals surface area contributed by atoms with Crippen LogP contribution in [0.5, 0.6) is 0 Å². The quantitative estimate of drug-likeness (QED) is 0.214. The molecule has 0 radical (unpaired) electrons. The highest BCUT2D eigenvalue weighted by Gasteiger charge is 2.51. The molecular formula is C25H23N3O6. The summed E-state index contributed by atoms with van der Waals surface area (Å²) in [5.41, 5.74) is 2.09. The van der Waals surface area contributed by atoms with Gasteiger partial charge in [0.15, 0.2) is 5.78 Å². The molecule has 2 aromatic carbocycles. The average Bonchev–Trinajstić information content (AvgIpc) is 3.06. The number of hydrogen-bond acceptors (Lipinski definition) is 6. The fraction of sp³-hybridized carbons (Fsp3) is 0.280. The second-order valence-electron chi connectivity index (χ2n) is 8.65. The van der Waals surface area contributed by atoms with Crippen molar-refractivity contribution in [3.8, 4) is 0 Å². The second-order valence-corrected chi connectivity index (χ2v) is 8.65. The number of amides is 3. The summed E-state index contributed by atoms with van der Waals surface area (Å²) < 4.78 is 0. The predicted molar refractivity (Wildman–Crippen MR) is 121 cm³/mol. The first-order chi connectivity index (χ1) is 16.2. The molecular weight excluding hydrogens is 438 g/mol. The Hall–Kier alpha value is -4.14. The zero-order valence-corrected chi connectivity index (χ0v) is 18.8. The number of allylic oxidation sites excluding steroid dienone is 2. The molecule has 174 valence electrons. The number of Topliss-reactive ketones (excluding diaryl/α,β-unsaturated/α-hetero) is 1. The van der Waals surface area contributed by atoms with Crippen LogP contribution in [-0.2, 0) is 9.59 Å². The fourth-order valence-corrected chi connectivity index (χ4v) is 4.33. The highest BCUT2D eigenvalue weighted by molar-refractivity contribution is 6.09. The van der Waals surface area contributed by atoms with E-state index >= 15 is 0 Å². The normalized spacial score (nSPS) is 19.5. The fourth-order valence-electron chi connectivity index (χ4n) is 4.33. The number of rotatable bonds is 6. The van der Waals surface area contributed by atoms with Gasteiger partial charge in [0.25, 0.3) is 23.4 Å². The lowest BCUT2D eigenvalue weighted by molar-refractivity contribution is -0.384. The van der Waals surface area contributed by atoms with Crippen molar-refractivity contribution in [2.45, 2.75) is 26.7 Å². The molecule has 1 fully saturated rings. The molecule has 0 unspecified atom stereocenters. The van der Waals surface area contributed by atoms with Crippen molar-refractivity contribution in [3.05, 3.63) is 87.0 Å². The number of fused-ring (bicyclic) bond motifs is 1. The van der Waals surface area contributed by atoms with Crippen LogP contribution in [0.1, 0.15) is 46.0 Å². The zero-order valence-electron chi connectivity index (χ0n) is 18.8. The SMILES string of the molecule is CC1=CC[C@@H]2C(=O)N(N(CC(=O)c3ccc(C)cc3)C(=O)c3ccc([N+](=O)[O-])cc3)C(=O)[C@@H]2C1. The van der Waals surface area contributed by atoms with Gasteiger partial charge in [0, 0.05) is 23.3 Å². The number of non-ortho nitro benzene ring substituents is 1. The van der Waals surface area contributed by atoms with Crippen molar-refractivity contribution in [2.75, 3.05) is 6.54 Å². The van der Waals surface area contributed by atoms with E-state index in [4.69, 9.17) is 0 Å². The molecule has 0 spiro atoms. The maximum absolute atomic E-state index is 13.4. The first-order valence-corrected chi connectivity index (χ1v) is 10.9. The molecule has 9 heteroatoms. The van der Waals surface area contributed by atoms with Crippen LogP contribution in [0.3, 0.4) is 0 Å². The summed E-state index contributed by atoms with van der Waals surface area (Å²) in [5, 5.41) is 12.7. The third kappa shape index (κ3) is 4.24. The molecule has 0 N–H and O–H groups in total. The largest absolute Gasteiger partial charge is 0.292 e. The molecule has 2 aliphatic rings. The smallest absolute Gasteiger partial charge is 0.273 e. The first-order valence-electron chi connectivity index (χ1n) is 10.9. The van der Waals surface area contributed by atoms with E-state index in [0.29, 0.717) is 18.4 Å². The van der Waals surface area contributed by atoms with Gasteiger partial charge in [-0.3, -0.25) is 29.3 Å². The van der Waals surface area contributed by atoms with Crippen molar-refractivity contribution in [3.63, 3.8) is 0 Å². The minimum atomic E-state index is -0.764. The Kier molecular flexibility index (Phi) is 6.10. The lowest BCUT2D eigenvalue weighted by atomic mass is 9.82. The summed E-state index contributed by atoms with van der Waals surface area (Å²) in [6, 6.07) is 11.6. The number of benzene rings is 2. The van der Waals surface area contributed by atoms with Gasteiger partial charge in [-0.15, -0.1) is 0 Å². The van der Waals surface area contributed by atoms with Gasteiger partial charge in [-0.2, -0.15) is 5.01 Å². The topological polar surface area (TPSA) is 118 Å². The molecule has 2 atom stereocenters. The van der Waals surface area contributed by atoms with Crippen molar-refractivity contribution in [2.24, 2.45) is 11.8 Å². The minimum absolute atomic E-state index is 0.0204. The molecule has 0 bridgehead atoms. The van der Waals surface area contributed by atoms with E-state index in [-0.39, 0.29) is 11.3 Å². The molecule has 34 heavy (non-hydrogen) atoms. The van der Waals surface area contributed by atoms with Gasteiger partial charge < -0.3 is 0 Å². The Labute approximate surface area is 195 Å². The van der Waals surface area contributed by atoms with Gasteiger partial charge in [-0.25, -0.2) is 5.01 Å². The number of ketones is 1. The Morgan fingerprint density at radius 1 is 0.971 bits per heavy atom. The Morgan fingerprint density at radius 2 is 1.56 bits per heavy atom. The molecule has 2 aromatic rings. The van der Waals surface area contributed by atoms with Crippen LogP contribution in [0, 0.1) is 28.9 Å². The van der Waals surface area contributed by atoms with E-state index in [9.17, 15) is 29.3 Å². The highest BCUT2D eigenvalue weighted by atomic mass is 16.6. The standard InChI is InChI=1S/C25H23N3O6/c1-15-3-6-17(7-4-15)22(29)14-26(23(30)18-8-10-19(11-9-18)28(33)34)27-24(31)20-12-5-16(2)13-21(20)25(27)32/h3-11,20-21H,12-14H2,1-2H3/t20-,21+/m0/s1. The summed E-state index contributed by atoms with van der Waals surface area (Å²) in [6.45, 7) is 3.23. The summed E-state index contributed by atoms with van der Waals surface area (Å²) in [6.07, 6.45) is 2.72. The molecule has 9 nitrogen and oxygen atoms in total. The summed E-state index contributed by atoms with van der Waals surface area (Å²) in [4.78, 5) is 63.3. The van der Waals surface area contributed by atoms with E-state index in [0.717, 1.165) is 33.3 Å². The molecule has 3 amide bonds. The molecule has 1 aliphatic carbocycles. The Balaban J connectivity index is 1.69. The van der Waals surface area contributed by atoms with Crippen molar-refractivity contribution in [1.82, 2.24) is 10.0 Å². The van der Waals surface area contributed by atoms with E-state index in [1.54, 1.807) is 24.3 Å². The second kappa shape index (κ2) is 9.01. The summed E-state index contributed by atoms with van der Waals surface area (Å²) in [5.74, 6) is -3.42. The van der Waals surface area contributed by atoms with Crippen LogP contribution in [0.2, 0.25) is 0 Å². The van der Waals surface area contributed by atoms with Crippen LogP contribution in [0.15, 0.2) is 60.2 Å². The zero-order chi connectivity index (χ0) is 24.6. The van der Waals surface area contributed by atoms with Crippen LogP contribution >= 0.6 is 0 Å². The van der Waals surface area contributed by atoms with Crippen LogP contribution in [0.25, 0.3) is 0 Å². The Bertz CT molecular complexity index is 1220. The van der Waals surface area contributed by atoms with Crippen LogP contribution in [-0.4, -0.2) is 45.0 Å². The van der Waals surface area contributed by atoms with Gasteiger partial charge >= 0.3 is 0 Å². The van der Waals surface area contributed by atoms with Crippen LogP contribution in [0.4, 0.5) is 5.69 Å². The molecule has 4 rings (SSSR count). The van der Waals surface area contributed by atoms with Crippen LogP contribution < -0.4 is 0 Å². The first kappa shape index (κ1) is 23.0. The number of nitro groups is 1. The van der Waals surface area contributed by atoms with Crippen molar-refractivity contribution < 1.29 is 24.1 Å². The number of imide groups is 1.